The van der Waals surface area contributed by atoms with Crippen LogP contribution < -0.4 is 16.0 Å². The predicted octanol–water partition coefficient (Wildman–Crippen LogP) is 3.73. The fourth-order valence-corrected chi connectivity index (χ4v) is 10.3. The molecule has 1 saturated carbocycles. The summed E-state index contributed by atoms with van der Waals surface area (Å²) in [5.74, 6) is -1.88. The van der Waals surface area contributed by atoms with Crippen molar-refractivity contribution in [2.75, 3.05) is 87.6 Å². The molecule has 3 N–H and O–H groups in total. The van der Waals surface area contributed by atoms with E-state index in [1.165, 1.54) is 7.11 Å². The van der Waals surface area contributed by atoms with Crippen LogP contribution in [0.2, 0.25) is 0 Å². The van der Waals surface area contributed by atoms with Gasteiger partial charge >= 0.3 is 0 Å². The van der Waals surface area contributed by atoms with Crippen molar-refractivity contribution in [3.8, 4) is 0 Å². The molecule has 1 aliphatic carbocycles. The highest BCUT2D eigenvalue weighted by atomic mass is 16.5. The Morgan fingerprint density at radius 1 is 0.897 bits per heavy atom. The molecule has 2 saturated heterocycles. The Hall–Kier alpha value is -4.36. The van der Waals surface area contributed by atoms with Crippen molar-refractivity contribution in [1.82, 2.24) is 30.7 Å². The number of piperidine rings is 1. The van der Waals surface area contributed by atoms with Crippen LogP contribution in [0.1, 0.15) is 85.1 Å². The third-order valence-electron chi connectivity index (χ3n) is 14.3. The number of carbonyl (C=O) groups excluding carboxylic acids is 5. The molecular weight excluding hydrogens is 875 g/mol. The van der Waals surface area contributed by atoms with E-state index in [0.717, 1.165) is 31.2 Å². The minimum absolute atomic E-state index is 0.00242. The summed E-state index contributed by atoms with van der Waals surface area (Å²) in [6.45, 7) is 12.6. The smallest absolute Gasteiger partial charge is 0.245 e. The fraction of sp³-hybridized carbons (Fsp3) is 0.776. The van der Waals surface area contributed by atoms with E-state index in [4.69, 9.17) is 29.2 Å². The molecule has 0 aromatic heterocycles. The van der Waals surface area contributed by atoms with Gasteiger partial charge < -0.3 is 49.4 Å². The standard InChI is InChI=1S/C49H81N9O10/c1-10-33(4)43(57(7)49(63)42(32(2)3)54-48(62)44-36-18-19-37(30-36)56(44)6)40(64-8)31-41(59)58-22-14-17-39(58)45(65-9)34(5)46(60)53-38(29-35-15-12-11-13-16-35)47(61)51-20-23-66-25-27-68-28-26-67-24-21-52-55-50/h11-13,15-16,32-34,36-40,42-45H,10,14,17-31H2,1-9H3,(H,51,61)(H,53,60)(H,54,62)/t33-,34+,36-,37+,38-,39-,40-,42-,43-,44?,45+/m0/s1. The number of amides is 5. The van der Waals surface area contributed by atoms with Crippen LogP contribution in [0.5, 0.6) is 0 Å². The molecule has 382 valence electrons. The van der Waals surface area contributed by atoms with Crippen LogP contribution in [-0.4, -0.2) is 180 Å². The molecule has 19 heteroatoms. The number of likely N-dealkylation sites (N-methyl/N-ethyl adjacent to an activating group) is 2. The molecule has 5 amide bonds. The number of ether oxygens (including phenoxy) is 5. The molecule has 19 nitrogen and oxygen atoms in total. The average molecular weight is 956 g/mol. The van der Waals surface area contributed by atoms with E-state index in [0.29, 0.717) is 64.4 Å². The van der Waals surface area contributed by atoms with E-state index in [1.807, 2.05) is 65.1 Å². The average Bonchev–Trinajstić information content (AvgIpc) is 4.09. The number of azide groups is 1. The highest BCUT2D eigenvalue weighted by molar-refractivity contribution is 5.91. The fourth-order valence-electron chi connectivity index (χ4n) is 10.3. The van der Waals surface area contributed by atoms with Crippen molar-refractivity contribution in [2.24, 2.45) is 28.8 Å². The second kappa shape index (κ2) is 29.0. The molecule has 2 bridgehead atoms. The molecule has 3 aliphatic rings. The third-order valence-corrected chi connectivity index (χ3v) is 14.3. The first-order chi connectivity index (χ1) is 32.7. The quantitative estimate of drug-likeness (QED) is 0.0421. The molecule has 2 heterocycles. The van der Waals surface area contributed by atoms with E-state index < -0.39 is 42.3 Å². The molecule has 11 atom stereocenters. The first-order valence-electron chi connectivity index (χ1n) is 24.7. The normalized spacial score (nSPS) is 22.1. The Kier molecular flexibility index (Phi) is 24.0. The summed E-state index contributed by atoms with van der Waals surface area (Å²) >= 11 is 0. The van der Waals surface area contributed by atoms with Gasteiger partial charge in [0.25, 0.3) is 0 Å². The van der Waals surface area contributed by atoms with Gasteiger partial charge in [0, 0.05) is 58.3 Å². The van der Waals surface area contributed by atoms with Gasteiger partial charge in [-0.2, -0.15) is 0 Å². The van der Waals surface area contributed by atoms with Gasteiger partial charge in [-0.3, -0.25) is 28.9 Å². The zero-order chi connectivity index (χ0) is 49.8. The van der Waals surface area contributed by atoms with E-state index in [2.05, 4.69) is 30.9 Å². The Labute approximate surface area is 404 Å². The number of hydrogen-bond donors (Lipinski definition) is 3. The van der Waals surface area contributed by atoms with E-state index in [-0.39, 0.29) is 80.0 Å². The number of hydrogen-bond acceptors (Lipinski definition) is 12. The SMILES string of the molecule is CC[C@H](C)[C@@H]([C@H](CC(=O)N1CCC[C@H]1[C@H](OC)[C@@H](C)C(=O)N[C@@H](Cc1ccccc1)C(=O)NCCOCCOCCOCCN=[N+]=[N-])OC)N(C)C(=O)[C@@H](NC(=O)C1[C@H]2CC[C@H](C2)N1C)C(C)C. The van der Waals surface area contributed by atoms with Crippen molar-refractivity contribution in [2.45, 2.75) is 134 Å². The summed E-state index contributed by atoms with van der Waals surface area (Å²) in [7, 11) is 6.85. The molecule has 68 heavy (non-hydrogen) atoms. The molecule has 1 aromatic carbocycles. The highest BCUT2D eigenvalue weighted by Crippen LogP contribution is 2.41. The Morgan fingerprint density at radius 3 is 2.18 bits per heavy atom. The van der Waals surface area contributed by atoms with Crippen LogP contribution in [0.15, 0.2) is 35.4 Å². The van der Waals surface area contributed by atoms with E-state index >= 15 is 0 Å². The number of fused-ring (bicyclic) bond motifs is 2. The van der Waals surface area contributed by atoms with Crippen molar-refractivity contribution in [3.05, 3.63) is 46.3 Å². The van der Waals surface area contributed by atoms with Crippen LogP contribution in [0.3, 0.4) is 0 Å². The third kappa shape index (κ3) is 15.8. The van der Waals surface area contributed by atoms with Crippen LogP contribution in [-0.2, 0) is 54.1 Å². The molecular formula is C49H81N9O10. The van der Waals surface area contributed by atoms with E-state index in [9.17, 15) is 24.0 Å². The lowest BCUT2D eigenvalue weighted by Gasteiger charge is -2.41. The van der Waals surface area contributed by atoms with Crippen molar-refractivity contribution < 1.29 is 47.7 Å². The minimum atomic E-state index is -0.893. The zero-order valence-electron chi connectivity index (χ0n) is 42.1. The Bertz CT molecular complexity index is 1790. The zero-order valence-corrected chi connectivity index (χ0v) is 42.1. The minimum Gasteiger partial charge on any atom is -0.379 e. The Morgan fingerprint density at radius 2 is 1.57 bits per heavy atom. The summed E-state index contributed by atoms with van der Waals surface area (Å²) in [6.07, 6.45) is 4.11. The summed E-state index contributed by atoms with van der Waals surface area (Å²) < 4.78 is 28.5. The topological polar surface area (TPSA) is 226 Å². The second-order valence-electron chi connectivity index (χ2n) is 19.0. The monoisotopic (exact) mass is 956 g/mol. The van der Waals surface area contributed by atoms with Crippen molar-refractivity contribution in [3.63, 3.8) is 0 Å². The maximum Gasteiger partial charge on any atom is 0.245 e. The van der Waals surface area contributed by atoms with Crippen LogP contribution in [0, 0.1) is 23.7 Å². The van der Waals surface area contributed by atoms with Crippen molar-refractivity contribution in [1.29, 1.82) is 0 Å². The van der Waals surface area contributed by atoms with Gasteiger partial charge in [-0.1, -0.05) is 76.5 Å². The number of nitrogens with zero attached hydrogens (tertiary/aromatic N) is 6. The van der Waals surface area contributed by atoms with Gasteiger partial charge in [-0.15, -0.1) is 0 Å². The maximum absolute atomic E-state index is 14.4. The first kappa shape index (κ1) is 56.2. The van der Waals surface area contributed by atoms with Gasteiger partial charge in [0.1, 0.15) is 12.1 Å². The van der Waals surface area contributed by atoms with E-state index in [1.54, 1.807) is 30.9 Å². The number of nitrogens with one attached hydrogen (secondary N) is 3. The highest BCUT2D eigenvalue weighted by Gasteiger charge is 2.49. The molecule has 3 fully saturated rings. The summed E-state index contributed by atoms with van der Waals surface area (Å²) in [6, 6.07) is 7.07. The van der Waals surface area contributed by atoms with Crippen LogP contribution in [0.4, 0.5) is 0 Å². The molecule has 0 radical (unpaired) electrons. The molecule has 1 aromatic rings. The molecule has 4 rings (SSSR count). The van der Waals surface area contributed by atoms with Gasteiger partial charge in [0.15, 0.2) is 0 Å². The lowest BCUT2D eigenvalue weighted by atomic mass is 9.89. The number of likely N-dealkylation sites (tertiary alicyclic amines) is 2. The number of rotatable bonds is 31. The van der Waals surface area contributed by atoms with Gasteiger partial charge in [-0.05, 0) is 68.0 Å². The lowest BCUT2D eigenvalue weighted by molar-refractivity contribution is -0.148. The summed E-state index contributed by atoms with van der Waals surface area (Å²) in [5.41, 5.74) is 9.17. The molecule has 0 spiro atoms. The van der Waals surface area contributed by atoms with Gasteiger partial charge in [-0.25, -0.2) is 0 Å². The second-order valence-corrected chi connectivity index (χ2v) is 19.0. The number of methoxy groups -OCH3 is 2. The molecule has 2 aliphatic heterocycles. The Balaban J connectivity index is 1.36. The largest absolute Gasteiger partial charge is 0.379 e. The summed E-state index contributed by atoms with van der Waals surface area (Å²) in [4.78, 5) is 78.6. The molecule has 1 unspecified atom stereocenters. The lowest BCUT2D eigenvalue weighted by Crippen LogP contribution is -2.60. The first-order valence-corrected chi connectivity index (χ1v) is 24.7. The van der Waals surface area contributed by atoms with Gasteiger partial charge in [0.05, 0.1) is 82.3 Å². The number of benzene rings is 1. The van der Waals surface area contributed by atoms with Gasteiger partial charge in [0.2, 0.25) is 29.5 Å². The van der Waals surface area contributed by atoms with Crippen LogP contribution in [0.25, 0.3) is 10.4 Å². The van der Waals surface area contributed by atoms with Crippen LogP contribution >= 0.6 is 0 Å². The maximum atomic E-state index is 14.4. The number of carbonyl (C=O) groups is 5. The van der Waals surface area contributed by atoms with Crippen molar-refractivity contribution >= 4 is 29.5 Å². The predicted molar refractivity (Wildman–Crippen MR) is 257 cm³/mol. The summed E-state index contributed by atoms with van der Waals surface area (Å²) in [5, 5.41) is 12.4.